The molecule has 4 rings (SSSR count). The number of hydrogen-bond donors (Lipinski definition) is 2. The van der Waals surface area contributed by atoms with E-state index in [1.54, 1.807) is 12.3 Å². The molecular formula is C23H27NO7S. The number of sulfone groups is 1. The van der Waals surface area contributed by atoms with Crippen molar-refractivity contribution >= 4 is 37.7 Å². The fraction of sp³-hybridized carbons (Fsp3) is 0.478. The quantitative estimate of drug-likeness (QED) is 0.571. The molecule has 0 spiro atoms. The van der Waals surface area contributed by atoms with Gasteiger partial charge in [-0.1, -0.05) is 20.8 Å². The van der Waals surface area contributed by atoms with Crippen LogP contribution in [0.5, 0.6) is 0 Å². The molecule has 1 amide bonds. The van der Waals surface area contributed by atoms with Gasteiger partial charge in [0, 0.05) is 34.4 Å². The first-order valence-electron chi connectivity index (χ1n) is 10.5. The number of carbonyl (C=O) groups excluding carboxylic acids is 1. The summed E-state index contributed by atoms with van der Waals surface area (Å²) in [5.74, 6) is -1.07. The third-order valence-electron chi connectivity index (χ3n) is 6.06. The minimum atomic E-state index is -3.36. The van der Waals surface area contributed by atoms with Crippen molar-refractivity contribution in [3.8, 4) is 0 Å². The Kier molecular flexibility index (Phi) is 5.45. The molecule has 1 aliphatic rings. The maximum Gasteiger partial charge on any atom is 0.339 e. The second kappa shape index (κ2) is 7.74. The van der Waals surface area contributed by atoms with E-state index in [-0.39, 0.29) is 29.8 Å². The summed E-state index contributed by atoms with van der Waals surface area (Å²) in [5, 5.41) is 14.1. The first kappa shape index (κ1) is 22.5. The Bertz CT molecular complexity index is 1380. The highest BCUT2D eigenvalue weighted by atomic mass is 32.2. The van der Waals surface area contributed by atoms with Crippen LogP contribution in [0.2, 0.25) is 0 Å². The summed E-state index contributed by atoms with van der Waals surface area (Å²) < 4.78 is 34.4. The highest BCUT2D eigenvalue weighted by molar-refractivity contribution is 7.91. The van der Waals surface area contributed by atoms with E-state index in [9.17, 15) is 23.1 Å². The van der Waals surface area contributed by atoms with E-state index in [1.807, 2.05) is 13.0 Å². The monoisotopic (exact) mass is 461 g/mol. The lowest BCUT2D eigenvalue weighted by Gasteiger charge is -2.17. The maximum atomic E-state index is 12.6. The van der Waals surface area contributed by atoms with E-state index >= 15 is 0 Å². The average Bonchev–Trinajstić information content (AvgIpc) is 3.19. The molecule has 9 heteroatoms. The molecule has 1 saturated heterocycles. The van der Waals surface area contributed by atoms with Gasteiger partial charge in [-0.25, -0.2) is 13.2 Å². The highest BCUT2D eigenvalue weighted by Gasteiger charge is 2.37. The number of carbonyl (C=O) groups is 1. The lowest BCUT2D eigenvalue weighted by atomic mass is 9.86. The number of hydrogen-bond acceptors (Lipinski definition) is 7. The van der Waals surface area contributed by atoms with Gasteiger partial charge in [0.05, 0.1) is 29.9 Å². The van der Waals surface area contributed by atoms with Gasteiger partial charge >= 0.3 is 5.63 Å². The summed E-state index contributed by atoms with van der Waals surface area (Å²) in [4.78, 5) is 24.9. The van der Waals surface area contributed by atoms with E-state index in [4.69, 9.17) is 8.83 Å². The van der Waals surface area contributed by atoms with Gasteiger partial charge in [0.25, 0.3) is 0 Å². The Labute approximate surface area is 185 Å². The molecule has 3 heterocycles. The van der Waals surface area contributed by atoms with E-state index in [1.165, 1.54) is 0 Å². The van der Waals surface area contributed by atoms with E-state index in [2.05, 4.69) is 26.1 Å². The van der Waals surface area contributed by atoms with Crippen molar-refractivity contribution in [1.29, 1.82) is 0 Å². The third kappa shape index (κ3) is 4.19. The van der Waals surface area contributed by atoms with Crippen LogP contribution in [-0.2, 0) is 26.5 Å². The molecule has 1 fully saturated rings. The lowest BCUT2D eigenvalue weighted by molar-refractivity contribution is -0.122. The van der Waals surface area contributed by atoms with Crippen molar-refractivity contribution in [3.63, 3.8) is 0 Å². The zero-order chi connectivity index (χ0) is 23.4. The number of benzene rings is 1. The Morgan fingerprint density at radius 3 is 2.53 bits per heavy atom. The van der Waals surface area contributed by atoms with Crippen molar-refractivity contribution in [2.45, 2.75) is 58.1 Å². The normalized spacial score (nSPS) is 20.8. The van der Waals surface area contributed by atoms with Crippen LogP contribution in [0.25, 0.3) is 21.9 Å². The lowest BCUT2D eigenvalue weighted by Crippen LogP contribution is -2.42. The standard InChI is InChI=1S/C23H27NO7S/c1-12-13(5-6-21(26)24-17-10-32(28,29)11-18(17)25)22(27)31-20-8-19-15(7-14(12)20)16(9-30-19)23(2,3)4/h7-9,17-18,25H,5-6,10-11H2,1-4H3,(H,24,26)/t17-,18-/m0/s1. The second-order valence-corrected chi connectivity index (χ2v) is 11.7. The molecule has 1 aliphatic heterocycles. The number of aryl methyl sites for hydroxylation is 1. The molecule has 8 nitrogen and oxygen atoms in total. The smallest absolute Gasteiger partial charge is 0.339 e. The molecule has 2 N–H and O–H groups in total. The van der Waals surface area contributed by atoms with Crippen LogP contribution in [0.3, 0.4) is 0 Å². The van der Waals surface area contributed by atoms with E-state index in [0.29, 0.717) is 16.7 Å². The third-order valence-corrected chi connectivity index (χ3v) is 7.78. The highest BCUT2D eigenvalue weighted by Crippen LogP contribution is 2.35. The van der Waals surface area contributed by atoms with Gasteiger partial charge in [-0.15, -0.1) is 0 Å². The van der Waals surface area contributed by atoms with Crippen molar-refractivity contribution in [2.24, 2.45) is 0 Å². The SMILES string of the molecule is Cc1c(CCC(=O)N[C@H]2CS(=O)(=O)C[C@@H]2O)c(=O)oc2cc3occ(C(C)(C)C)c3cc12. The van der Waals surface area contributed by atoms with Gasteiger partial charge in [0.2, 0.25) is 5.91 Å². The zero-order valence-corrected chi connectivity index (χ0v) is 19.3. The van der Waals surface area contributed by atoms with Crippen molar-refractivity contribution < 1.29 is 27.2 Å². The van der Waals surface area contributed by atoms with Crippen LogP contribution in [-0.4, -0.2) is 43.1 Å². The first-order valence-corrected chi connectivity index (χ1v) is 12.3. The number of aliphatic hydroxyl groups excluding tert-OH is 1. The number of aliphatic hydroxyl groups is 1. The molecule has 2 aromatic heterocycles. The Morgan fingerprint density at radius 2 is 1.91 bits per heavy atom. The van der Waals surface area contributed by atoms with Gasteiger partial charge in [-0.2, -0.15) is 0 Å². The number of fused-ring (bicyclic) bond motifs is 2. The summed E-state index contributed by atoms with van der Waals surface area (Å²) in [6, 6.07) is 2.84. The van der Waals surface area contributed by atoms with Crippen molar-refractivity contribution in [3.05, 3.63) is 45.5 Å². The largest absolute Gasteiger partial charge is 0.464 e. The van der Waals surface area contributed by atoms with Crippen LogP contribution in [0.1, 0.15) is 43.9 Å². The minimum absolute atomic E-state index is 0.0262. The van der Waals surface area contributed by atoms with Gasteiger partial charge in [0.1, 0.15) is 11.2 Å². The summed E-state index contributed by atoms with van der Waals surface area (Å²) >= 11 is 0. The zero-order valence-electron chi connectivity index (χ0n) is 18.5. The Balaban J connectivity index is 1.60. The molecule has 0 unspecified atom stereocenters. The number of rotatable bonds is 4. The predicted octanol–water partition coefficient (Wildman–Crippen LogP) is 2.35. The van der Waals surface area contributed by atoms with Gasteiger partial charge < -0.3 is 19.3 Å². The van der Waals surface area contributed by atoms with Crippen molar-refractivity contribution in [1.82, 2.24) is 5.32 Å². The van der Waals surface area contributed by atoms with Crippen LogP contribution in [0.4, 0.5) is 0 Å². The summed E-state index contributed by atoms with van der Waals surface area (Å²) in [6.45, 7) is 8.10. The number of furan rings is 1. The minimum Gasteiger partial charge on any atom is -0.464 e. The predicted molar refractivity (Wildman–Crippen MR) is 121 cm³/mol. The summed E-state index contributed by atoms with van der Waals surface area (Å²) in [6.07, 6.45) is 0.716. The Hall–Kier alpha value is -2.65. The molecule has 1 aromatic carbocycles. The van der Waals surface area contributed by atoms with E-state index in [0.717, 1.165) is 21.9 Å². The molecule has 2 atom stereocenters. The van der Waals surface area contributed by atoms with Gasteiger partial charge in [-0.05, 0) is 30.4 Å². The van der Waals surface area contributed by atoms with Crippen LogP contribution >= 0.6 is 0 Å². The van der Waals surface area contributed by atoms with Crippen LogP contribution < -0.4 is 10.9 Å². The number of amides is 1. The molecule has 0 saturated carbocycles. The summed E-state index contributed by atoms with van der Waals surface area (Å²) in [5.41, 5.74) is 2.59. The molecule has 172 valence electrons. The van der Waals surface area contributed by atoms with Crippen LogP contribution in [0.15, 0.2) is 32.0 Å². The van der Waals surface area contributed by atoms with Crippen LogP contribution in [0, 0.1) is 6.92 Å². The first-order chi connectivity index (χ1) is 14.9. The molecule has 32 heavy (non-hydrogen) atoms. The number of nitrogens with one attached hydrogen (secondary N) is 1. The molecule has 0 aliphatic carbocycles. The summed E-state index contributed by atoms with van der Waals surface area (Å²) in [7, 11) is -3.36. The second-order valence-electron chi connectivity index (χ2n) is 9.56. The van der Waals surface area contributed by atoms with Gasteiger partial charge in [-0.3, -0.25) is 4.79 Å². The molecule has 0 radical (unpaired) electrons. The fourth-order valence-corrected chi connectivity index (χ4v) is 6.01. The topological polar surface area (TPSA) is 127 Å². The average molecular weight is 462 g/mol. The van der Waals surface area contributed by atoms with Gasteiger partial charge in [0.15, 0.2) is 9.84 Å². The molecule has 3 aromatic rings. The molecule has 0 bridgehead atoms. The Morgan fingerprint density at radius 1 is 1.19 bits per heavy atom. The fourth-order valence-electron chi connectivity index (χ4n) is 4.26. The maximum absolute atomic E-state index is 12.6. The van der Waals surface area contributed by atoms with E-state index < -0.39 is 33.5 Å². The van der Waals surface area contributed by atoms with Crippen molar-refractivity contribution in [2.75, 3.05) is 11.5 Å². The molecular weight excluding hydrogens is 434 g/mol.